The number of hydrogen-bond acceptors (Lipinski definition) is 4. The molecule has 2 heterocycles. The van der Waals surface area contributed by atoms with Gasteiger partial charge in [-0.2, -0.15) is 0 Å². The van der Waals surface area contributed by atoms with Crippen molar-refractivity contribution < 1.29 is 4.74 Å². The molecular weight excluding hydrogens is 178 g/mol. The van der Waals surface area contributed by atoms with Gasteiger partial charge < -0.3 is 15.4 Å². The topological polar surface area (TPSA) is 51.4 Å². The van der Waals surface area contributed by atoms with Crippen LogP contribution >= 0.6 is 0 Å². The Morgan fingerprint density at radius 2 is 2.50 bits per heavy atom. The highest BCUT2D eigenvalue weighted by Gasteiger charge is 2.20. The van der Waals surface area contributed by atoms with E-state index in [9.17, 15) is 0 Å². The first-order valence-electron chi connectivity index (χ1n) is 4.83. The Morgan fingerprint density at radius 3 is 3.21 bits per heavy atom. The van der Waals surface area contributed by atoms with Gasteiger partial charge in [0.15, 0.2) is 0 Å². The van der Waals surface area contributed by atoms with Gasteiger partial charge in [0.2, 0.25) is 0 Å². The molecule has 0 aliphatic carbocycles. The molecule has 2 rings (SSSR count). The highest BCUT2D eigenvalue weighted by molar-refractivity contribution is 5.66. The molecule has 1 unspecified atom stereocenters. The van der Waals surface area contributed by atoms with E-state index in [0.29, 0.717) is 6.04 Å². The van der Waals surface area contributed by atoms with E-state index in [-0.39, 0.29) is 0 Å². The first-order valence-corrected chi connectivity index (χ1v) is 4.83. The first kappa shape index (κ1) is 9.27. The summed E-state index contributed by atoms with van der Waals surface area (Å²) >= 11 is 0. The molecule has 14 heavy (non-hydrogen) atoms. The second-order valence-electron chi connectivity index (χ2n) is 3.55. The lowest BCUT2D eigenvalue weighted by Crippen LogP contribution is -2.44. The van der Waals surface area contributed by atoms with Crippen LogP contribution in [0.4, 0.5) is 11.4 Å². The molecule has 76 valence electrons. The Kier molecular flexibility index (Phi) is 2.54. The van der Waals surface area contributed by atoms with E-state index >= 15 is 0 Å². The number of hydrogen-bond donors (Lipinski definition) is 1. The smallest absolute Gasteiger partial charge is 0.0738 e. The Balaban J connectivity index is 2.25. The van der Waals surface area contributed by atoms with Crippen molar-refractivity contribution in [2.45, 2.75) is 13.0 Å². The fraction of sp³-hybridized carbons (Fsp3) is 0.500. The van der Waals surface area contributed by atoms with E-state index in [1.165, 1.54) is 0 Å². The third-order valence-electron chi connectivity index (χ3n) is 2.50. The van der Waals surface area contributed by atoms with Gasteiger partial charge in [0.25, 0.3) is 0 Å². The molecule has 2 N–H and O–H groups in total. The third-order valence-corrected chi connectivity index (χ3v) is 2.50. The summed E-state index contributed by atoms with van der Waals surface area (Å²) in [6.45, 7) is 4.57. The van der Waals surface area contributed by atoms with Crippen LogP contribution in [0.25, 0.3) is 0 Å². The van der Waals surface area contributed by atoms with Crippen LogP contribution in [-0.4, -0.2) is 30.8 Å². The van der Waals surface area contributed by atoms with Crippen LogP contribution < -0.4 is 10.6 Å². The maximum Gasteiger partial charge on any atom is 0.0738 e. The Morgan fingerprint density at radius 1 is 1.64 bits per heavy atom. The monoisotopic (exact) mass is 193 g/mol. The molecule has 0 amide bonds. The van der Waals surface area contributed by atoms with Gasteiger partial charge in [0.1, 0.15) is 0 Å². The predicted molar refractivity (Wildman–Crippen MR) is 56.3 cm³/mol. The summed E-state index contributed by atoms with van der Waals surface area (Å²) in [6, 6.07) is 2.34. The Labute approximate surface area is 83.7 Å². The minimum atomic E-state index is 0.383. The van der Waals surface area contributed by atoms with E-state index in [2.05, 4.69) is 16.8 Å². The molecule has 1 aliphatic rings. The van der Waals surface area contributed by atoms with Gasteiger partial charge in [-0.3, -0.25) is 4.98 Å². The summed E-state index contributed by atoms with van der Waals surface area (Å²) < 4.78 is 5.38. The Hall–Kier alpha value is -1.29. The lowest BCUT2D eigenvalue weighted by Gasteiger charge is -2.35. The van der Waals surface area contributed by atoms with E-state index < -0.39 is 0 Å². The molecule has 1 aromatic heterocycles. The Bertz CT molecular complexity index is 316. The summed E-state index contributed by atoms with van der Waals surface area (Å²) in [5.41, 5.74) is 7.67. The van der Waals surface area contributed by atoms with Crippen LogP contribution in [0, 0.1) is 0 Å². The maximum absolute atomic E-state index is 5.87. The number of rotatable bonds is 1. The van der Waals surface area contributed by atoms with E-state index in [0.717, 1.165) is 31.1 Å². The summed E-state index contributed by atoms with van der Waals surface area (Å²) in [6.07, 6.45) is 3.46. The quantitative estimate of drug-likeness (QED) is 0.719. The molecule has 4 heteroatoms. The number of nitrogens with zero attached hydrogens (tertiary/aromatic N) is 2. The van der Waals surface area contributed by atoms with Crippen molar-refractivity contribution >= 4 is 11.4 Å². The fourth-order valence-corrected chi connectivity index (χ4v) is 1.75. The molecule has 0 bridgehead atoms. The van der Waals surface area contributed by atoms with E-state index in [1.54, 1.807) is 12.4 Å². The number of morpholine rings is 1. The van der Waals surface area contributed by atoms with Crippen molar-refractivity contribution in [2.75, 3.05) is 30.4 Å². The lowest BCUT2D eigenvalue weighted by molar-refractivity contribution is 0.0990. The lowest BCUT2D eigenvalue weighted by atomic mass is 10.2. The zero-order valence-corrected chi connectivity index (χ0v) is 8.31. The van der Waals surface area contributed by atoms with Crippen LogP contribution in [0.5, 0.6) is 0 Å². The van der Waals surface area contributed by atoms with Crippen molar-refractivity contribution in [3.8, 4) is 0 Å². The number of nitrogens with two attached hydrogens (primary N) is 1. The van der Waals surface area contributed by atoms with Crippen molar-refractivity contribution in [1.29, 1.82) is 0 Å². The zero-order chi connectivity index (χ0) is 9.97. The summed E-state index contributed by atoms with van der Waals surface area (Å²) in [7, 11) is 0. The molecule has 1 fully saturated rings. The molecule has 0 saturated carbocycles. The average molecular weight is 193 g/mol. The molecule has 4 nitrogen and oxygen atoms in total. The van der Waals surface area contributed by atoms with Gasteiger partial charge in [-0.25, -0.2) is 0 Å². The predicted octanol–water partition coefficient (Wildman–Crippen LogP) is 0.889. The van der Waals surface area contributed by atoms with Crippen molar-refractivity contribution in [3.63, 3.8) is 0 Å². The van der Waals surface area contributed by atoms with E-state index in [4.69, 9.17) is 10.5 Å². The highest BCUT2D eigenvalue weighted by atomic mass is 16.5. The molecule has 0 spiro atoms. The molecule has 0 aromatic carbocycles. The normalized spacial score (nSPS) is 22.4. The molecule has 0 radical (unpaired) electrons. The second kappa shape index (κ2) is 3.84. The van der Waals surface area contributed by atoms with Crippen LogP contribution in [0.15, 0.2) is 18.5 Å². The molecular formula is C10H15N3O. The van der Waals surface area contributed by atoms with E-state index in [1.807, 2.05) is 6.07 Å². The number of nitrogen functional groups attached to an aromatic ring is 1. The average Bonchev–Trinajstić information content (AvgIpc) is 2.20. The van der Waals surface area contributed by atoms with Crippen LogP contribution in [-0.2, 0) is 4.74 Å². The van der Waals surface area contributed by atoms with Gasteiger partial charge in [0, 0.05) is 18.8 Å². The number of ether oxygens (including phenoxy) is 1. The van der Waals surface area contributed by atoms with Gasteiger partial charge in [-0.15, -0.1) is 0 Å². The number of pyridine rings is 1. The highest BCUT2D eigenvalue weighted by Crippen LogP contribution is 2.24. The second-order valence-corrected chi connectivity index (χ2v) is 3.55. The van der Waals surface area contributed by atoms with Gasteiger partial charge in [-0.05, 0) is 13.0 Å². The third kappa shape index (κ3) is 1.65. The fourth-order valence-electron chi connectivity index (χ4n) is 1.75. The number of anilines is 2. The first-order chi connectivity index (χ1) is 6.79. The van der Waals surface area contributed by atoms with Crippen LogP contribution in [0.3, 0.4) is 0 Å². The number of aromatic nitrogens is 1. The van der Waals surface area contributed by atoms with Gasteiger partial charge in [-0.1, -0.05) is 0 Å². The van der Waals surface area contributed by atoms with Crippen molar-refractivity contribution in [1.82, 2.24) is 4.98 Å². The maximum atomic E-state index is 5.87. The SMILES string of the molecule is CC1COCCN1c1ccncc1N. The summed E-state index contributed by atoms with van der Waals surface area (Å²) in [5, 5.41) is 0. The van der Waals surface area contributed by atoms with Crippen molar-refractivity contribution in [3.05, 3.63) is 18.5 Å². The standard InChI is InChI=1S/C10H15N3O/c1-8-7-14-5-4-13(8)10-2-3-12-6-9(10)11/h2-3,6,8H,4-5,7,11H2,1H3. The minimum Gasteiger partial charge on any atom is -0.396 e. The summed E-state index contributed by atoms with van der Waals surface area (Å²) in [5.74, 6) is 0. The van der Waals surface area contributed by atoms with Crippen LogP contribution in [0.1, 0.15) is 6.92 Å². The van der Waals surface area contributed by atoms with Gasteiger partial charge >= 0.3 is 0 Å². The van der Waals surface area contributed by atoms with Crippen molar-refractivity contribution in [2.24, 2.45) is 0 Å². The summed E-state index contributed by atoms with van der Waals surface area (Å²) in [4.78, 5) is 6.25. The largest absolute Gasteiger partial charge is 0.396 e. The van der Waals surface area contributed by atoms with Gasteiger partial charge in [0.05, 0.1) is 30.8 Å². The molecule has 1 saturated heterocycles. The zero-order valence-electron chi connectivity index (χ0n) is 8.31. The molecule has 1 aromatic rings. The minimum absolute atomic E-state index is 0.383. The molecule has 1 atom stereocenters. The molecule has 1 aliphatic heterocycles. The van der Waals surface area contributed by atoms with Crippen LogP contribution in [0.2, 0.25) is 0 Å².